The molecule has 2 N–H and O–H groups in total. The maximum Gasteiger partial charge on any atom is 0.286 e. The Morgan fingerprint density at radius 1 is 1.19 bits per heavy atom. The van der Waals surface area contributed by atoms with Crippen molar-refractivity contribution in [3.63, 3.8) is 0 Å². The number of carbonyl (C=O) groups excluding carboxylic acids is 1. The van der Waals surface area contributed by atoms with Gasteiger partial charge in [0.05, 0.1) is 5.69 Å². The van der Waals surface area contributed by atoms with Gasteiger partial charge in [0.15, 0.2) is 0 Å². The van der Waals surface area contributed by atoms with E-state index in [-0.39, 0.29) is 29.0 Å². The zero-order chi connectivity index (χ0) is 18.7. The van der Waals surface area contributed by atoms with Gasteiger partial charge in [-0.15, -0.1) is 4.40 Å². The summed E-state index contributed by atoms with van der Waals surface area (Å²) < 4.78 is 41.1. The summed E-state index contributed by atoms with van der Waals surface area (Å²) in [6.45, 7) is 1.83. The molecule has 136 valence electrons. The Morgan fingerprint density at radius 2 is 1.88 bits per heavy atom. The van der Waals surface area contributed by atoms with E-state index in [0.717, 1.165) is 0 Å². The number of anilines is 2. The van der Waals surface area contributed by atoms with Crippen LogP contribution in [0, 0.1) is 11.7 Å². The van der Waals surface area contributed by atoms with Crippen LogP contribution in [0.3, 0.4) is 0 Å². The first-order valence-corrected chi connectivity index (χ1v) is 9.53. The Balaban J connectivity index is 1.61. The number of nitrogens with one attached hydrogen (secondary N) is 2. The van der Waals surface area contributed by atoms with Crippen molar-refractivity contribution in [3.8, 4) is 0 Å². The van der Waals surface area contributed by atoms with Crippen molar-refractivity contribution in [2.45, 2.75) is 24.7 Å². The molecule has 0 aliphatic carbocycles. The van der Waals surface area contributed by atoms with Gasteiger partial charge in [-0.25, -0.2) is 4.39 Å². The molecule has 2 aromatic rings. The molecule has 8 heteroatoms. The lowest BCUT2D eigenvalue weighted by Crippen LogP contribution is -2.25. The molecule has 26 heavy (non-hydrogen) atoms. The van der Waals surface area contributed by atoms with Gasteiger partial charge in [-0.1, -0.05) is 19.1 Å². The summed E-state index contributed by atoms with van der Waals surface area (Å²) in [5, 5.41) is 5.70. The summed E-state index contributed by atoms with van der Waals surface area (Å²) >= 11 is 0. The predicted molar refractivity (Wildman–Crippen MR) is 98.1 cm³/mol. The van der Waals surface area contributed by atoms with Crippen LogP contribution in [-0.2, 0) is 14.8 Å². The monoisotopic (exact) mass is 375 g/mol. The number of hydrogen-bond acceptors (Lipinski definition) is 4. The van der Waals surface area contributed by atoms with Crippen LogP contribution < -0.4 is 10.6 Å². The van der Waals surface area contributed by atoms with Gasteiger partial charge in [0, 0.05) is 18.5 Å². The fourth-order valence-electron chi connectivity index (χ4n) is 2.72. The molecule has 0 saturated heterocycles. The van der Waals surface area contributed by atoms with Crippen LogP contribution >= 0.6 is 0 Å². The van der Waals surface area contributed by atoms with Gasteiger partial charge in [0.25, 0.3) is 10.0 Å². The van der Waals surface area contributed by atoms with Crippen molar-refractivity contribution in [2.75, 3.05) is 10.6 Å². The van der Waals surface area contributed by atoms with E-state index >= 15 is 0 Å². The first-order valence-electron chi connectivity index (χ1n) is 8.09. The molecule has 1 aliphatic rings. The number of benzene rings is 2. The molecular formula is C18H18FN3O3S. The average molecular weight is 375 g/mol. The molecule has 2 aromatic carbocycles. The predicted octanol–water partition coefficient (Wildman–Crippen LogP) is 3.39. The van der Waals surface area contributed by atoms with Crippen molar-refractivity contribution >= 4 is 33.1 Å². The van der Waals surface area contributed by atoms with Gasteiger partial charge in [-0.05, 0) is 42.3 Å². The van der Waals surface area contributed by atoms with Crippen LogP contribution in [0.25, 0.3) is 0 Å². The molecule has 1 aliphatic heterocycles. The maximum absolute atomic E-state index is 12.9. The highest BCUT2D eigenvalue weighted by atomic mass is 32.2. The lowest BCUT2D eigenvalue weighted by molar-refractivity contribution is -0.116. The molecule has 0 bridgehead atoms. The van der Waals surface area contributed by atoms with E-state index in [1.54, 1.807) is 18.2 Å². The topological polar surface area (TPSA) is 87.6 Å². The normalized spacial score (nSPS) is 16.0. The summed E-state index contributed by atoms with van der Waals surface area (Å²) in [5.74, 6) is -0.434. The Kier molecular flexibility index (Phi) is 5.03. The van der Waals surface area contributed by atoms with Crippen molar-refractivity contribution in [1.82, 2.24) is 0 Å². The van der Waals surface area contributed by atoms with Gasteiger partial charge in [0.1, 0.15) is 16.5 Å². The highest BCUT2D eigenvalue weighted by Gasteiger charge is 2.25. The summed E-state index contributed by atoms with van der Waals surface area (Å²) in [7, 11) is -3.73. The molecule has 1 amide bonds. The molecule has 1 unspecified atom stereocenters. The molecule has 1 atom stereocenters. The third-order valence-electron chi connectivity index (χ3n) is 3.88. The van der Waals surface area contributed by atoms with Crippen LogP contribution in [0.4, 0.5) is 15.8 Å². The van der Waals surface area contributed by atoms with Gasteiger partial charge < -0.3 is 10.6 Å². The Labute approximate surface area is 151 Å². The lowest BCUT2D eigenvalue weighted by Gasteiger charge is -2.20. The molecule has 0 fully saturated rings. The first-order chi connectivity index (χ1) is 12.3. The van der Waals surface area contributed by atoms with Crippen LogP contribution in [0.15, 0.2) is 57.8 Å². The van der Waals surface area contributed by atoms with Gasteiger partial charge in [-0.2, -0.15) is 8.42 Å². The Bertz CT molecular complexity index is 956. The van der Waals surface area contributed by atoms with Gasteiger partial charge in [-0.3, -0.25) is 4.79 Å². The first kappa shape index (κ1) is 18.1. The average Bonchev–Trinajstić information content (AvgIpc) is 2.56. The number of para-hydroxylation sites is 1. The largest absolute Gasteiger partial charge is 0.342 e. The summed E-state index contributed by atoms with van der Waals surface area (Å²) in [6.07, 6.45) is 0.490. The number of carbonyl (C=O) groups is 1. The quantitative estimate of drug-likeness (QED) is 0.838. The van der Waals surface area contributed by atoms with Crippen LogP contribution in [0.1, 0.15) is 19.8 Å². The molecule has 3 rings (SSSR count). The van der Waals surface area contributed by atoms with Crippen molar-refractivity contribution in [1.29, 1.82) is 0 Å². The molecule has 6 nitrogen and oxygen atoms in total. The molecule has 0 radical (unpaired) electrons. The second kappa shape index (κ2) is 7.25. The SMILES string of the molecule is CC(CC(=O)Nc1ccc(F)cc1)CC1=NS(=O)(=O)c2ccccc2N1. The Morgan fingerprint density at radius 3 is 2.62 bits per heavy atom. The van der Waals surface area contributed by atoms with E-state index in [0.29, 0.717) is 23.6 Å². The van der Waals surface area contributed by atoms with Crippen molar-refractivity contribution < 1.29 is 17.6 Å². The minimum absolute atomic E-state index is 0.137. The molecule has 0 spiro atoms. The standard InChI is InChI=1S/C18H18FN3O3S/c1-12(11-18(23)20-14-8-6-13(19)7-9-14)10-17-21-15-4-2-3-5-16(15)26(24,25)22-17/h2-9,12H,10-11H2,1H3,(H,20,23)(H,21,22). The molecule has 0 saturated carbocycles. The van der Waals surface area contributed by atoms with E-state index in [9.17, 15) is 17.6 Å². The summed E-state index contributed by atoms with van der Waals surface area (Å²) in [4.78, 5) is 12.2. The number of amides is 1. The van der Waals surface area contributed by atoms with E-state index < -0.39 is 10.0 Å². The minimum atomic E-state index is -3.73. The summed E-state index contributed by atoms with van der Waals surface area (Å²) in [5.41, 5.74) is 0.994. The number of amidine groups is 1. The zero-order valence-electron chi connectivity index (χ0n) is 14.1. The highest BCUT2D eigenvalue weighted by Crippen LogP contribution is 2.28. The second-order valence-corrected chi connectivity index (χ2v) is 7.78. The van der Waals surface area contributed by atoms with E-state index in [1.807, 2.05) is 6.92 Å². The molecular weight excluding hydrogens is 357 g/mol. The fraction of sp³-hybridized carbons (Fsp3) is 0.222. The zero-order valence-corrected chi connectivity index (χ0v) is 14.9. The van der Waals surface area contributed by atoms with Crippen molar-refractivity contribution in [3.05, 3.63) is 54.3 Å². The minimum Gasteiger partial charge on any atom is -0.342 e. The number of hydrogen-bond donors (Lipinski definition) is 2. The van der Waals surface area contributed by atoms with E-state index in [4.69, 9.17) is 0 Å². The van der Waals surface area contributed by atoms with Crippen LogP contribution in [0.2, 0.25) is 0 Å². The highest BCUT2D eigenvalue weighted by molar-refractivity contribution is 7.90. The maximum atomic E-state index is 12.9. The number of fused-ring (bicyclic) bond motifs is 1. The van der Waals surface area contributed by atoms with Crippen LogP contribution in [-0.4, -0.2) is 20.2 Å². The number of rotatable bonds is 5. The third kappa shape index (κ3) is 4.26. The van der Waals surface area contributed by atoms with E-state index in [1.165, 1.54) is 30.3 Å². The van der Waals surface area contributed by atoms with Gasteiger partial charge in [0.2, 0.25) is 5.91 Å². The second-order valence-electron chi connectivity index (χ2n) is 6.20. The van der Waals surface area contributed by atoms with Gasteiger partial charge >= 0.3 is 0 Å². The summed E-state index contributed by atoms with van der Waals surface area (Å²) in [6, 6.07) is 12.0. The third-order valence-corrected chi connectivity index (χ3v) is 5.25. The van der Waals surface area contributed by atoms with Crippen LogP contribution in [0.5, 0.6) is 0 Å². The fourth-order valence-corrected chi connectivity index (χ4v) is 3.88. The van der Waals surface area contributed by atoms with E-state index in [2.05, 4.69) is 15.0 Å². The number of nitrogens with zero attached hydrogens (tertiary/aromatic N) is 1. The molecule has 0 aromatic heterocycles. The number of sulfonamides is 1. The number of halogens is 1. The molecule has 1 heterocycles. The Hall–Kier alpha value is -2.74. The van der Waals surface area contributed by atoms with Crippen molar-refractivity contribution in [2.24, 2.45) is 10.3 Å². The smallest absolute Gasteiger partial charge is 0.286 e. The lowest BCUT2D eigenvalue weighted by atomic mass is 10.0.